The maximum absolute atomic E-state index is 11.3. The van der Waals surface area contributed by atoms with Gasteiger partial charge in [-0.1, -0.05) is 36.4 Å². The zero-order valence-electron chi connectivity index (χ0n) is 11.9. The van der Waals surface area contributed by atoms with Crippen LogP contribution in [0.2, 0.25) is 0 Å². The highest BCUT2D eigenvalue weighted by molar-refractivity contribution is 7.92. The smallest absolute Gasteiger partial charge is 0.229 e. The minimum Gasteiger partial charge on any atom is -0.350 e. The van der Waals surface area contributed by atoms with Crippen molar-refractivity contribution < 1.29 is 8.42 Å². The van der Waals surface area contributed by atoms with Gasteiger partial charge >= 0.3 is 0 Å². The third kappa shape index (κ3) is 2.78. The van der Waals surface area contributed by atoms with Gasteiger partial charge in [0.25, 0.3) is 0 Å². The van der Waals surface area contributed by atoms with Crippen LogP contribution in [-0.4, -0.2) is 19.2 Å². The monoisotopic (exact) mass is 300 g/mol. The molecule has 1 heterocycles. The summed E-state index contributed by atoms with van der Waals surface area (Å²) in [5, 5.41) is 1.10. The van der Waals surface area contributed by atoms with E-state index in [4.69, 9.17) is 0 Å². The highest BCUT2D eigenvalue weighted by Gasteiger charge is 2.10. The maximum atomic E-state index is 11.3. The Bertz CT molecular complexity index is 897. The van der Waals surface area contributed by atoms with Crippen LogP contribution in [0.5, 0.6) is 0 Å². The number of sulfonamides is 1. The average Bonchev–Trinajstić information content (AvgIpc) is 2.75. The summed E-state index contributed by atoms with van der Waals surface area (Å²) < 4.78 is 27.2. The third-order valence-corrected chi connectivity index (χ3v) is 3.99. The standard InChI is InChI=1S/C16H16N2O2S/c1-18-11-15(12-6-4-3-5-7-12)14-9-8-13(10-16(14)18)17-21(2,19)20/h3-11,17H,1-2H3. The summed E-state index contributed by atoms with van der Waals surface area (Å²) in [5.74, 6) is 0. The SMILES string of the molecule is Cn1cc(-c2ccccc2)c2ccc(NS(C)(=O)=O)cc21. The molecule has 0 amide bonds. The molecule has 0 atom stereocenters. The van der Waals surface area contributed by atoms with E-state index < -0.39 is 10.0 Å². The lowest BCUT2D eigenvalue weighted by Crippen LogP contribution is -2.09. The molecule has 4 nitrogen and oxygen atoms in total. The number of nitrogens with one attached hydrogen (secondary N) is 1. The largest absolute Gasteiger partial charge is 0.350 e. The normalized spacial score (nSPS) is 11.7. The number of aryl methyl sites for hydroxylation is 1. The summed E-state index contributed by atoms with van der Waals surface area (Å²) in [6, 6.07) is 15.7. The van der Waals surface area contributed by atoms with Crippen LogP contribution >= 0.6 is 0 Å². The molecule has 108 valence electrons. The van der Waals surface area contributed by atoms with Gasteiger partial charge in [0.1, 0.15) is 0 Å². The number of fused-ring (bicyclic) bond motifs is 1. The lowest BCUT2D eigenvalue weighted by Gasteiger charge is -2.05. The molecule has 0 unspecified atom stereocenters. The van der Waals surface area contributed by atoms with E-state index in [0.29, 0.717) is 5.69 Å². The van der Waals surface area contributed by atoms with Gasteiger partial charge in [-0.25, -0.2) is 8.42 Å². The Morgan fingerprint density at radius 1 is 1.05 bits per heavy atom. The van der Waals surface area contributed by atoms with Gasteiger partial charge < -0.3 is 4.57 Å². The van der Waals surface area contributed by atoms with Crippen molar-refractivity contribution in [1.82, 2.24) is 4.57 Å². The predicted molar refractivity (Wildman–Crippen MR) is 86.8 cm³/mol. The fourth-order valence-electron chi connectivity index (χ4n) is 2.51. The van der Waals surface area contributed by atoms with Gasteiger partial charge in [-0.15, -0.1) is 0 Å². The van der Waals surface area contributed by atoms with Crippen molar-refractivity contribution in [3.63, 3.8) is 0 Å². The number of aromatic nitrogens is 1. The minimum absolute atomic E-state index is 0.575. The predicted octanol–water partition coefficient (Wildman–Crippen LogP) is 3.22. The Morgan fingerprint density at radius 2 is 1.76 bits per heavy atom. The molecule has 0 aliphatic carbocycles. The fraction of sp³-hybridized carbons (Fsp3) is 0.125. The van der Waals surface area contributed by atoms with Crippen LogP contribution in [0.25, 0.3) is 22.0 Å². The van der Waals surface area contributed by atoms with Gasteiger partial charge in [0.2, 0.25) is 10.0 Å². The van der Waals surface area contributed by atoms with Crippen LogP contribution in [0, 0.1) is 0 Å². The first kappa shape index (κ1) is 13.7. The van der Waals surface area contributed by atoms with Crippen LogP contribution in [0.3, 0.4) is 0 Å². The molecule has 0 aliphatic rings. The molecule has 0 spiro atoms. The van der Waals surface area contributed by atoms with Crippen LogP contribution in [0.4, 0.5) is 5.69 Å². The molecule has 21 heavy (non-hydrogen) atoms. The molecule has 3 aromatic rings. The minimum atomic E-state index is -3.26. The molecule has 0 fully saturated rings. The first-order valence-corrected chi connectivity index (χ1v) is 8.45. The van der Waals surface area contributed by atoms with Gasteiger partial charge in [0.15, 0.2) is 0 Å². The van der Waals surface area contributed by atoms with Crippen molar-refractivity contribution in [2.75, 3.05) is 11.0 Å². The highest BCUT2D eigenvalue weighted by Crippen LogP contribution is 2.31. The van der Waals surface area contributed by atoms with Crippen molar-refractivity contribution in [3.05, 3.63) is 54.7 Å². The number of benzene rings is 2. The van der Waals surface area contributed by atoms with E-state index in [1.165, 1.54) is 0 Å². The van der Waals surface area contributed by atoms with Gasteiger partial charge in [0, 0.05) is 24.2 Å². The summed E-state index contributed by atoms with van der Waals surface area (Å²) in [6.45, 7) is 0. The topological polar surface area (TPSA) is 51.1 Å². The second kappa shape index (κ2) is 4.93. The maximum Gasteiger partial charge on any atom is 0.229 e. The van der Waals surface area contributed by atoms with Crippen molar-refractivity contribution >= 4 is 26.6 Å². The summed E-state index contributed by atoms with van der Waals surface area (Å²) in [5.41, 5.74) is 3.85. The summed E-state index contributed by atoms with van der Waals surface area (Å²) >= 11 is 0. The van der Waals surface area contributed by atoms with Gasteiger partial charge in [-0.05, 0) is 17.7 Å². The van der Waals surface area contributed by atoms with Crippen LogP contribution in [0.15, 0.2) is 54.7 Å². The second-order valence-electron chi connectivity index (χ2n) is 5.13. The molecule has 3 rings (SSSR count). The van der Waals surface area contributed by atoms with Crippen molar-refractivity contribution in [2.45, 2.75) is 0 Å². The first-order chi connectivity index (χ1) is 9.94. The molecule has 0 aliphatic heterocycles. The van der Waals surface area contributed by atoms with E-state index in [-0.39, 0.29) is 0 Å². The molecular weight excluding hydrogens is 284 g/mol. The molecule has 1 aromatic heterocycles. The number of rotatable bonds is 3. The summed E-state index contributed by atoms with van der Waals surface area (Å²) in [4.78, 5) is 0. The van der Waals surface area contributed by atoms with E-state index in [2.05, 4.69) is 23.1 Å². The molecule has 2 aromatic carbocycles. The Hall–Kier alpha value is -2.27. The van der Waals surface area contributed by atoms with E-state index >= 15 is 0 Å². The van der Waals surface area contributed by atoms with E-state index in [1.54, 1.807) is 6.07 Å². The van der Waals surface area contributed by atoms with Gasteiger partial charge in [-0.3, -0.25) is 4.72 Å². The second-order valence-corrected chi connectivity index (χ2v) is 6.87. The zero-order valence-corrected chi connectivity index (χ0v) is 12.7. The number of hydrogen-bond donors (Lipinski definition) is 1. The molecule has 0 saturated carbocycles. The van der Waals surface area contributed by atoms with E-state index in [0.717, 1.165) is 28.3 Å². The Balaban J connectivity index is 2.15. The van der Waals surface area contributed by atoms with E-state index in [1.807, 2.05) is 41.9 Å². The first-order valence-electron chi connectivity index (χ1n) is 6.56. The van der Waals surface area contributed by atoms with Crippen molar-refractivity contribution in [2.24, 2.45) is 7.05 Å². The number of anilines is 1. The van der Waals surface area contributed by atoms with Crippen LogP contribution < -0.4 is 4.72 Å². The summed E-state index contributed by atoms with van der Waals surface area (Å²) in [6.07, 6.45) is 3.21. The molecule has 0 bridgehead atoms. The Morgan fingerprint density at radius 3 is 2.43 bits per heavy atom. The molecule has 0 saturated heterocycles. The zero-order chi connectivity index (χ0) is 15.0. The van der Waals surface area contributed by atoms with Crippen LogP contribution in [-0.2, 0) is 17.1 Å². The fourth-order valence-corrected chi connectivity index (χ4v) is 3.06. The number of hydrogen-bond acceptors (Lipinski definition) is 2. The summed E-state index contributed by atoms with van der Waals surface area (Å²) in [7, 11) is -1.31. The Labute approximate surface area is 124 Å². The molecular formula is C16H16N2O2S. The lowest BCUT2D eigenvalue weighted by molar-refractivity contribution is 0.607. The Kier molecular flexibility index (Phi) is 3.22. The van der Waals surface area contributed by atoms with Crippen molar-refractivity contribution in [1.29, 1.82) is 0 Å². The van der Waals surface area contributed by atoms with Crippen molar-refractivity contribution in [3.8, 4) is 11.1 Å². The van der Waals surface area contributed by atoms with Gasteiger partial charge in [-0.2, -0.15) is 0 Å². The van der Waals surface area contributed by atoms with E-state index in [9.17, 15) is 8.42 Å². The average molecular weight is 300 g/mol. The lowest BCUT2D eigenvalue weighted by atomic mass is 10.0. The van der Waals surface area contributed by atoms with Gasteiger partial charge in [0.05, 0.1) is 17.5 Å². The molecule has 5 heteroatoms. The molecule has 1 N–H and O–H groups in total. The third-order valence-electron chi connectivity index (χ3n) is 3.38. The quantitative estimate of drug-likeness (QED) is 0.807. The molecule has 0 radical (unpaired) electrons. The van der Waals surface area contributed by atoms with Crippen LogP contribution in [0.1, 0.15) is 0 Å². The highest BCUT2D eigenvalue weighted by atomic mass is 32.2. The number of nitrogens with zero attached hydrogens (tertiary/aromatic N) is 1.